The summed E-state index contributed by atoms with van der Waals surface area (Å²) in [6.45, 7) is 2.88. The van der Waals surface area contributed by atoms with Crippen molar-refractivity contribution >= 4 is 11.5 Å². The van der Waals surface area contributed by atoms with Crippen LogP contribution in [0.4, 0.5) is 5.82 Å². The van der Waals surface area contributed by atoms with Crippen LogP contribution >= 0.6 is 0 Å². The molecule has 19 heavy (non-hydrogen) atoms. The minimum Gasteiger partial charge on any atom is -0.354 e. The lowest BCUT2D eigenvalue weighted by Gasteiger charge is -2.18. The lowest BCUT2D eigenvalue weighted by Crippen LogP contribution is -2.23. The molecule has 100 valence electrons. The second kappa shape index (κ2) is 4.23. The molecule has 0 spiro atoms. The predicted octanol–water partition coefficient (Wildman–Crippen LogP) is 2.03. The van der Waals surface area contributed by atoms with Gasteiger partial charge in [-0.1, -0.05) is 12.5 Å². The number of hydrogen-bond donors (Lipinski definition) is 1. The summed E-state index contributed by atoms with van der Waals surface area (Å²) in [5.41, 5.74) is 8.12. The second-order valence-corrected chi connectivity index (χ2v) is 5.87. The topological polar surface area (TPSA) is 46.6 Å². The van der Waals surface area contributed by atoms with Crippen molar-refractivity contribution in [3.05, 3.63) is 30.1 Å². The Bertz CT molecular complexity index is 591. The number of pyridine rings is 1. The van der Waals surface area contributed by atoms with Gasteiger partial charge in [0.15, 0.2) is 5.82 Å². The SMILES string of the molecule is NCc1c(N2CC3CCCC3C2)nc2ccccn12. The van der Waals surface area contributed by atoms with E-state index in [1.54, 1.807) is 0 Å². The van der Waals surface area contributed by atoms with Crippen LogP contribution in [0.5, 0.6) is 0 Å². The van der Waals surface area contributed by atoms with E-state index in [9.17, 15) is 0 Å². The van der Waals surface area contributed by atoms with Crippen LogP contribution in [-0.4, -0.2) is 22.5 Å². The zero-order valence-corrected chi connectivity index (χ0v) is 11.1. The molecule has 0 aromatic carbocycles. The van der Waals surface area contributed by atoms with Crippen molar-refractivity contribution in [3.8, 4) is 0 Å². The fourth-order valence-corrected chi connectivity index (χ4v) is 3.89. The van der Waals surface area contributed by atoms with E-state index in [4.69, 9.17) is 10.7 Å². The first-order chi connectivity index (χ1) is 9.36. The lowest BCUT2D eigenvalue weighted by atomic mass is 10.0. The monoisotopic (exact) mass is 256 g/mol. The number of nitrogens with two attached hydrogens (primary N) is 1. The van der Waals surface area contributed by atoms with Crippen LogP contribution in [0.1, 0.15) is 25.0 Å². The highest BCUT2D eigenvalue weighted by Gasteiger charge is 2.37. The number of hydrogen-bond acceptors (Lipinski definition) is 3. The Morgan fingerprint density at radius 2 is 2.00 bits per heavy atom. The smallest absolute Gasteiger partial charge is 0.152 e. The summed E-state index contributed by atoms with van der Waals surface area (Å²) in [4.78, 5) is 7.26. The van der Waals surface area contributed by atoms with Crippen molar-refractivity contribution < 1.29 is 0 Å². The first kappa shape index (κ1) is 11.3. The fourth-order valence-electron chi connectivity index (χ4n) is 3.89. The van der Waals surface area contributed by atoms with Gasteiger partial charge in [-0.15, -0.1) is 0 Å². The van der Waals surface area contributed by atoms with Crippen molar-refractivity contribution in [1.82, 2.24) is 9.38 Å². The van der Waals surface area contributed by atoms with Gasteiger partial charge < -0.3 is 15.0 Å². The molecule has 2 N–H and O–H groups in total. The van der Waals surface area contributed by atoms with Crippen LogP contribution in [0.25, 0.3) is 5.65 Å². The molecular formula is C15H20N4. The van der Waals surface area contributed by atoms with Gasteiger partial charge in [-0.05, 0) is 36.8 Å². The first-order valence-electron chi connectivity index (χ1n) is 7.28. The molecule has 4 nitrogen and oxygen atoms in total. The van der Waals surface area contributed by atoms with Gasteiger partial charge in [-0.25, -0.2) is 4.98 Å². The summed E-state index contributed by atoms with van der Waals surface area (Å²) in [7, 11) is 0. The molecule has 2 fully saturated rings. The summed E-state index contributed by atoms with van der Waals surface area (Å²) in [5, 5.41) is 0. The van der Waals surface area contributed by atoms with Gasteiger partial charge >= 0.3 is 0 Å². The molecule has 2 aliphatic rings. The Morgan fingerprint density at radius 1 is 1.21 bits per heavy atom. The molecule has 1 saturated heterocycles. The normalized spacial score (nSPS) is 26.3. The maximum atomic E-state index is 5.96. The Kier molecular flexibility index (Phi) is 2.52. The Labute approximate surface area is 113 Å². The Morgan fingerprint density at radius 3 is 2.74 bits per heavy atom. The highest BCUT2D eigenvalue weighted by molar-refractivity contribution is 5.56. The number of imidazole rings is 1. The standard InChI is InChI=1S/C15H20N4/c16-8-13-15(17-14-6-1-2-7-19(13)14)18-9-11-4-3-5-12(11)10-18/h1-2,6-7,11-12H,3-5,8-10,16H2. The quantitative estimate of drug-likeness (QED) is 0.894. The number of rotatable bonds is 2. The summed E-state index contributed by atoms with van der Waals surface area (Å²) in [6.07, 6.45) is 6.27. The van der Waals surface area contributed by atoms with E-state index in [0.29, 0.717) is 6.54 Å². The number of aromatic nitrogens is 2. The highest BCUT2D eigenvalue weighted by Crippen LogP contribution is 2.40. The third-order valence-corrected chi connectivity index (χ3v) is 4.83. The average Bonchev–Trinajstić information content (AvgIpc) is 3.09. The van der Waals surface area contributed by atoms with Crippen molar-refractivity contribution in [3.63, 3.8) is 0 Å². The molecule has 2 aromatic heterocycles. The maximum absolute atomic E-state index is 5.96. The minimum atomic E-state index is 0.548. The molecule has 2 aromatic rings. The van der Waals surface area contributed by atoms with Crippen molar-refractivity contribution in [2.45, 2.75) is 25.8 Å². The average molecular weight is 256 g/mol. The molecule has 3 heterocycles. The fraction of sp³-hybridized carbons (Fsp3) is 0.533. The van der Waals surface area contributed by atoms with Crippen LogP contribution in [-0.2, 0) is 6.54 Å². The zero-order chi connectivity index (χ0) is 12.8. The zero-order valence-electron chi connectivity index (χ0n) is 11.1. The molecular weight excluding hydrogens is 236 g/mol. The lowest BCUT2D eigenvalue weighted by molar-refractivity contribution is 0.494. The third kappa shape index (κ3) is 1.66. The van der Waals surface area contributed by atoms with E-state index in [-0.39, 0.29) is 0 Å². The van der Waals surface area contributed by atoms with Gasteiger partial charge in [0.2, 0.25) is 0 Å². The highest BCUT2D eigenvalue weighted by atomic mass is 15.3. The molecule has 2 atom stereocenters. The molecule has 0 bridgehead atoms. The summed E-state index contributed by atoms with van der Waals surface area (Å²) in [5.74, 6) is 2.88. The number of fused-ring (bicyclic) bond motifs is 2. The van der Waals surface area contributed by atoms with Crippen LogP contribution < -0.4 is 10.6 Å². The van der Waals surface area contributed by atoms with E-state index in [2.05, 4.69) is 21.6 Å². The van der Waals surface area contributed by atoms with Gasteiger partial charge in [0.25, 0.3) is 0 Å². The maximum Gasteiger partial charge on any atom is 0.152 e. The summed E-state index contributed by atoms with van der Waals surface area (Å²) < 4.78 is 2.13. The number of nitrogens with zero attached hydrogens (tertiary/aromatic N) is 3. The minimum absolute atomic E-state index is 0.548. The van der Waals surface area contributed by atoms with E-state index in [0.717, 1.165) is 29.0 Å². The third-order valence-electron chi connectivity index (χ3n) is 4.83. The van der Waals surface area contributed by atoms with Crippen molar-refractivity contribution in [1.29, 1.82) is 0 Å². The van der Waals surface area contributed by atoms with Crippen LogP contribution in [0.15, 0.2) is 24.4 Å². The van der Waals surface area contributed by atoms with Crippen LogP contribution in [0.3, 0.4) is 0 Å². The second-order valence-electron chi connectivity index (χ2n) is 5.87. The van der Waals surface area contributed by atoms with Crippen LogP contribution in [0.2, 0.25) is 0 Å². The molecule has 0 amide bonds. The summed E-state index contributed by atoms with van der Waals surface area (Å²) >= 11 is 0. The van der Waals surface area contributed by atoms with Crippen LogP contribution in [0, 0.1) is 11.8 Å². The van der Waals surface area contributed by atoms with Gasteiger partial charge in [0, 0.05) is 25.8 Å². The molecule has 4 rings (SSSR count). The Hall–Kier alpha value is -1.55. The summed E-state index contributed by atoms with van der Waals surface area (Å²) in [6, 6.07) is 6.13. The van der Waals surface area contributed by atoms with E-state index in [1.165, 1.54) is 32.4 Å². The van der Waals surface area contributed by atoms with Gasteiger partial charge in [-0.2, -0.15) is 0 Å². The molecule has 1 saturated carbocycles. The largest absolute Gasteiger partial charge is 0.354 e. The van der Waals surface area contributed by atoms with Crippen molar-refractivity contribution in [2.75, 3.05) is 18.0 Å². The van der Waals surface area contributed by atoms with Crippen molar-refractivity contribution in [2.24, 2.45) is 17.6 Å². The molecule has 4 heteroatoms. The predicted molar refractivity (Wildman–Crippen MR) is 76.1 cm³/mol. The van der Waals surface area contributed by atoms with Gasteiger partial charge in [-0.3, -0.25) is 0 Å². The van der Waals surface area contributed by atoms with E-state index in [1.807, 2.05) is 12.1 Å². The first-order valence-corrected chi connectivity index (χ1v) is 7.28. The molecule has 1 aliphatic carbocycles. The van der Waals surface area contributed by atoms with Gasteiger partial charge in [0.05, 0.1) is 5.69 Å². The van der Waals surface area contributed by atoms with E-state index < -0.39 is 0 Å². The number of anilines is 1. The molecule has 1 aliphatic heterocycles. The molecule has 2 unspecified atom stereocenters. The molecule has 0 radical (unpaired) electrons. The Balaban J connectivity index is 1.75. The van der Waals surface area contributed by atoms with E-state index >= 15 is 0 Å². The van der Waals surface area contributed by atoms with Gasteiger partial charge in [0.1, 0.15) is 5.65 Å².